The van der Waals surface area contributed by atoms with Gasteiger partial charge in [0.05, 0.1) is 20.3 Å². The molecule has 0 aliphatic heterocycles. The average Bonchev–Trinajstić information content (AvgIpc) is 2.88. The molecule has 0 radical (unpaired) electrons. The number of hydrogen-bond acceptors (Lipinski definition) is 4. The summed E-state index contributed by atoms with van der Waals surface area (Å²) in [5, 5.41) is 20.9. The predicted octanol–water partition coefficient (Wildman–Crippen LogP) is 3.63. The number of benzene rings is 1. The fraction of sp³-hybridized carbons (Fsp3) is 0.700. The number of hydrogen-bond donors (Lipinski definition) is 2. The number of aliphatic hydroxyl groups excluding tert-OH is 1. The Labute approximate surface area is 143 Å². The van der Waals surface area contributed by atoms with Gasteiger partial charge in [-0.15, -0.1) is 0 Å². The minimum absolute atomic E-state index is 0.0806. The topological polar surface area (TPSA) is 58.9 Å². The van der Waals surface area contributed by atoms with Gasteiger partial charge >= 0.3 is 0 Å². The van der Waals surface area contributed by atoms with Gasteiger partial charge in [-0.1, -0.05) is 6.92 Å². The Morgan fingerprint density at radius 1 is 1.08 bits per heavy atom. The molecule has 1 unspecified atom stereocenters. The van der Waals surface area contributed by atoms with Gasteiger partial charge in [0.15, 0.2) is 11.5 Å². The van der Waals surface area contributed by atoms with Crippen LogP contribution in [0.15, 0.2) is 6.07 Å². The zero-order valence-corrected chi connectivity index (χ0v) is 14.8. The van der Waals surface area contributed by atoms with Gasteiger partial charge in [-0.25, -0.2) is 0 Å². The summed E-state index contributed by atoms with van der Waals surface area (Å²) in [4.78, 5) is 0. The Morgan fingerprint density at radius 3 is 2.54 bits per heavy atom. The summed E-state index contributed by atoms with van der Waals surface area (Å²) in [6.07, 6.45) is 6.16. The fourth-order valence-corrected chi connectivity index (χ4v) is 6.05. The predicted molar refractivity (Wildman–Crippen MR) is 91.8 cm³/mol. The summed E-state index contributed by atoms with van der Waals surface area (Å²) >= 11 is 0. The lowest BCUT2D eigenvalue weighted by molar-refractivity contribution is -0.0227. The summed E-state index contributed by atoms with van der Waals surface area (Å²) in [6.45, 7) is 2.28. The zero-order valence-electron chi connectivity index (χ0n) is 14.8. The Bertz CT molecular complexity index is 656. The SMILES string of the molecule is COc1c(O)cc2c(c1OC)CC[C@@H]1[C@@H]2CC[C@]2(C)C(O)CC[C@@H]12. The molecular weight excluding hydrogens is 304 g/mol. The highest BCUT2D eigenvalue weighted by atomic mass is 16.5. The molecule has 4 nitrogen and oxygen atoms in total. The number of methoxy groups -OCH3 is 2. The summed E-state index contributed by atoms with van der Waals surface area (Å²) in [6, 6.07) is 1.90. The molecule has 0 spiro atoms. The molecule has 0 amide bonds. The first kappa shape index (κ1) is 16.1. The average molecular weight is 332 g/mol. The minimum atomic E-state index is -0.149. The number of aromatic hydroxyl groups is 1. The first-order chi connectivity index (χ1) is 11.5. The summed E-state index contributed by atoms with van der Waals surface area (Å²) in [5.74, 6) is 2.98. The van der Waals surface area contributed by atoms with Crippen molar-refractivity contribution < 1.29 is 19.7 Å². The molecule has 4 rings (SSSR count). The number of fused-ring (bicyclic) bond motifs is 5. The largest absolute Gasteiger partial charge is 0.504 e. The number of phenolic OH excluding ortho intramolecular Hbond substituents is 1. The molecule has 0 aromatic heterocycles. The van der Waals surface area contributed by atoms with E-state index in [1.807, 2.05) is 6.07 Å². The van der Waals surface area contributed by atoms with Crippen molar-refractivity contribution in [2.45, 2.75) is 57.5 Å². The molecule has 2 saturated carbocycles. The zero-order chi connectivity index (χ0) is 17.1. The van der Waals surface area contributed by atoms with Crippen molar-refractivity contribution in [1.29, 1.82) is 0 Å². The van der Waals surface area contributed by atoms with Gasteiger partial charge in [0.2, 0.25) is 5.75 Å². The quantitative estimate of drug-likeness (QED) is 0.868. The van der Waals surface area contributed by atoms with Crippen molar-refractivity contribution in [3.05, 3.63) is 17.2 Å². The lowest BCUT2D eigenvalue weighted by atomic mass is 9.55. The molecule has 3 aliphatic carbocycles. The normalized spacial score (nSPS) is 37.3. The molecule has 1 aromatic carbocycles. The highest BCUT2D eigenvalue weighted by molar-refractivity contribution is 5.60. The van der Waals surface area contributed by atoms with Gasteiger partial charge in [0.1, 0.15) is 0 Å². The molecule has 3 aliphatic rings. The van der Waals surface area contributed by atoms with Crippen molar-refractivity contribution in [2.24, 2.45) is 17.3 Å². The first-order valence-corrected chi connectivity index (χ1v) is 9.16. The number of ether oxygens (including phenoxy) is 2. The molecule has 2 N–H and O–H groups in total. The smallest absolute Gasteiger partial charge is 0.203 e. The van der Waals surface area contributed by atoms with E-state index >= 15 is 0 Å². The van der Waals surface area contributed by atoms with E-state index in [1.165, 1.54) is 11.1 Å². The fourth-order valence-electron chi connectivity index (χ4n) is 6.05. The van der Waals surface area contributed by atoms with Crippen molar-refractivity contribution in [3.63, 3.8) is 0 Å². The van der Waals surface area contributed by atoms with E-state index in [9.17, 15) is 10.2 Å². The van der Waals surface area contributed by atoms with Gasteiger partial charge in [0.25, 0.3) is 0 Å². The first-order valence-electron chi connectivity index (χ1n) is 9.16. The van der Waals surface area contributed by atoms with Crippen LogP contribution in [0, 0.1) is 17.3 Å². The van der Waals surface area contributed by atoms with E-state index in [4.69, 9.17) is 9.47 Å². The summed E-state index contributed by atoms with van der Waals surface area (Å²) in [5.41, 5.74) is 2.53. The van der Waals surface area contributed by atoms with E-state index in [1.54, 1.807) is 14.2 Å². The second-order valence-electron chi connectivity index (χ2n) is 8.08. The van der Waals surface area contributed by atoms with Crippen LogP contribution in [0.2, 0.25) is 0 Å². The molecular formula is C20H28O4. The van der Waals surface area contributed by atoms with Crippen LogP contribution in [0.4, 0.5) is 0 Å². The number of aliphatic hydroxyl groups is 1. The van der Waals surface area contributed by atoms with E-state index in [2.05, 4.69) is 6.92 Å². The van der Waals surface area contributed by atoms with E-state index < -0.39 is 0 Å². The molecule has 24 heavy (non-hydrogen) atoms. The third kappa shape index (κ3) is 2.01. The third-order valence-corrected chi connectivity index (χ3v) is 7.28. The monoisotopic (exact) mass is 332 g/mol. The van der Waals surface area contributed by atoms with Gasteiger partial charge in [0, 0.05) is 5.56 Å². The van der Waals surface area contributed by atoms with Gasteiger partial charge in [-0.05, 0) is 73.3 Å². The highest BCUT2D eigenvalue weighted by Crippen LogP contribution is 2.62. The van der Waals surface area contributed by atoms with Gasteiger partial charge in [-0.3, -0.25) is 0 Å². The number of rotatable bonds is 2. The molecule has 0 heterocycles. The maximum atomic E-state index is 10.5. The maximum Gasteiger partial charge on any atom is 0.203 e. The van der Waals surface area contributed by atoms with Crippen LogP contribution >= 0.6 is 0 Å². The molecule has 1 aromatic rings. The second-order valence-corrected chi connectivity index (χ2v) is 8.08. The van der Waals surface area contributed by atoms with E-state index in [0.717, 1.165) is 38.5 Å². The Hall–Kier alpha value is -1.42. The molecule has 0 bridgehead atoms. The van der Waals surface area contributed by atoms with Crippen molar-refractivity contribution in [2.75, 3.05) is 14.2 Å². The summed E-state index contributed by atoms with van der Waals surface area (Å²) in [7, 11) is 3.22. The van der Waals surface area contributed by atoms with Crippen molar-refractivity contribution >= 4 is 0 Å². The summed E-state index contributed by atoms with van der Waals surface area (Å²) < 4.78 is 11.0. The maximum absolute atomic E-state index is 10.5. The minimum Gasteiger partial charge on any atom is -0.504 e. The third-order valence-electron chi connectivity index (χ3n) is 7.28. The molecule has 4 heteroatoms. The lowest BCUT2D eigenvalue weighted by Gasteiger charge is -2.50. The highest BCUT2D eigenvalue weighted by Gasteiger charge is 2.54. The van der Waals surface area contributed by atoms with Gasteiger partial charge in [-0.2, -0.15) is 0 Å². The van der Waals surface area contributed by atoms with Crippen molar-refractivity contribution in [1.82, 2.24) is 0 Å². The molecule has 132 valence electrons. The number of phenols is 1. The molecule has 2 fully saturated rings. The van der Waals surface area contributed by atoms with Crippen LogP contribution in [-0.4, -0.2) is 30.5 Å². The van der Waals surface area contributed by atoms with Crippen LogP contribution in [0.25, 0.3) is 0 Å². The van der Waals surface area contributed by atoms with Crippen LogP contribution in [0.5, 0.6) is 17.2 Å². The Morgan fingerprint density at radius 2 is 1.83 bits per heavy atom. The van der Waals surface area contributed by atoms with Crippen molar-refractivity contribution in [3.8, 4) is 17.2 Å². The standard InChI is InChI=1S/C20H28O4/c1-20-9-8-11-12(15(20)6-7-17(20)22)4-5-13-14(11)10-16(21)19(24-3)18(13)23-2/h10-12,15,17,21-22H,4-9H2,1-3H3/t11-,12+,15-,17?,20-/m0/s1. The Balaban J connectivity index is 1.77. The van der Waals surface area contributed by atoms with Crippen LogP contribution in [-0.2, 0) is 6.42 Å². The van der Waals surface area contributed by atoms with Crippen LogP contribution in [0.3, 0.4) is 0 Å². The van der Waals surface area contributed by atoms with Crippen LogP contribution < -0.4 is 9.47 Å². The van der Waals surface area contributed by atoms with E-state index in [0.29, 0.717) is 29.3 Å². The van der Waals surface area contributed by atoms with Crippen LogP contribution in [0.1, 0.15) is 56.1 Å². The second kappa shape index (κ2) is 5.55. The van der Waals surface area contributed by atoms with E-state index in [-0.39, 0.29) is 17.3 Å². The molecule has 5 atom stereocenters. The lowest BCUT2D eigenvalue weighted by Crippen LogP contribution is -2.43. The Kier molecular flexibility index (Phi) is 3.72. The molecule has 0 saturated heterocycles. The van der Waals surface area contributed by atoms with Gasteiger partial charge < -0.3 is 19.7 Å².